The average Bonchev–Trinajstić information content (AvgIpc) is 2.53. The molecule has 1 amide bonds. The lowest BCUT2D eigenvalue weighted by Crippen LogP contribution is -2.47. The van der Waals surface area contributed by atoms with Crippen LogP contribution in [0.4, 0.5) is 0 Å². The molecule has 0 aromatic carbocycles. The zero-order chi connectivity index (χ0) is 15.1. The van der Waals surface area contributed by atoms with Gasteiger partial charge in [-0.3, -0.25) is 4.79 Å². The van der Waals surface area contributed by atoms with Gasteiger partial charge in [-0.25, -0.2) is 0 Å². The summed E-state index contributed by atoms with van der Waals surface area (Å²) in [5, 5.41) is 2.82. The predicted octanol–water partition coefficient (Wildman–Crippen LogP) is 2.43. The molecule has 4 heteroatoms. The van der Waals surface area contributed by atoms with E-state index in [1.165, 1.54) is 38.5 Å². The largest absolute Gasteiger partial charge is 0.385 e. The fourth-order valence-corrected chi connectivity index (χ4v) is 4.20. The van der Waals surface area contributed by atoms with Gasteiger partial charge in [0.05, 0.1) is 5.92 Å². The SMILES string of the molecule is CNC(=O)[C@H]1CCCN(CC2(CCOC)CCCCC2)C1. The number of nitrogens with zero attached hydrogens (tertiary/aromatic N) is 1. The van der Waals surface area contributed by atoms with E-state index in [9.17, 15) is 4.79 Å². The van der Waals surface area contributed by atoms with Crippen molar-refractivity contribution in [2.75, 3.05) is 40.4 Å². The molecule has 122 valence electrons. The molecule has 0 bridgehead atoms. The molecule has 0 spiro atoms. The zero-order valence-corrected chi connectivity index (χ0v) is 13.8. The lowest BCUT2D eigenvalue weighted by molar-refractivity contribution is -0.126. The minimum absolute atomic E-state index is 0.187. The summed E-state index contributed by atoms with van der Waals surface area (Å²) >= 11 is 0. The summed E-state index contributed by atoms with van der Waals surface area (Å²) in [5.41, 5.74) is 0.429. The van der Waals surface area contributed by atoms with Gasteiger partial charge < -0.3 is 15.0 Å². The maximum atomic E-state index is 11.9. The van der Waals surface area contributed by atoms with Crippen LogP contribution in [0, 0.1) is 11.3 Å². The predicted molar refractivity (Wildman–Crippen MR) is 85.2 cm³/mol. The van der Waals surface area contributed by atoms with Crippen LogP contribution in [0.25, 0.3) is 0 Å². The van der Waals surface area contributed by atoms with Gasteiger partial charge in [-0.2, -0.15) is 0 Å². The summed E-state index contributed by atoms with van der Waals surface area (Å²) in [6, 6.07) is 0. The number of methoxy groups -OCH3 is 1. The first-order valence-electron chi connectivity index (χ1n) is 8.62. The summed E-state index contributed by atoms with van der Waals surface area (Å²) in [4.78, 5) is 14.4. The van der Waals surface area contributed by atoms with Crippen molar-refractivity contribution >= 4 is 5.91 Å². The number of piperidine rings is 1. The number of carbonyl (C=O) groups excluding carboxylic acids is 1. The van der Waals surface area contributed by atoms with Crippen LogP contribution in [0.15, 0.2) is 0 Å². The molecule has 1 heterocycles. The van der Waals surface area contributed by atoms with Gasteiger partial charge in [0.15, 0.2) is 0 Å². The van der Waals surface area contributed by atoms with Gasteiger partial charge in [-0.1, -0.05) is 19.3 Å². The highest BCUT2D eigenvalue weighted by atomic mass is 16.5. The average molecular weight is 296 g/mol. The van der Waals surface area contributed by atoms with E-state index in [1.807, 2.05) is 0 Å². The van der Waals surface area contributed by atoms with Crippen LogP contribution in [0.3, 0.4) is 0 Å². The molecule has 2 rings (SSSR count). The highest BCUT2D eigenvalue weighted by Crippen LogP contribution is 2.40. The standard InChI is InChI=1S/C17H32N2O2/c1-18-16(20)15-7-6-11-19(13-15)14-17(10-12-21-2)8-4-3-5-9-17/h15H,3-14H2,1-2H3,(H,18,20)/t15-/m0/s1. The fraction of sp³-hybridized carbons (Fsp3) is 0.941. The van der Waals surface area contributed by atoms with Crippen LogP contribution >= 0.6 is 0 Å². The van der Waals surface area contributed by atoms with Crippen molar-refractivity contribution in [2.24, 2.45) is 11.3 Å². The monoisotopic (exact) mass is 296 g/mol. The minimum Gasteiger partial charge on any atom is -0.385 e. The number of hydrogen-bond acceptors (Lipinski definition) is 3. The quantitative estimate of drug-likeness (QED) is 0.818. The third kappa shape index (κ3) is 4.68. The first-order chi connectivity index (χ1) is 10.2. The summed E-state index contributed by atoms with van der Waals surface area (Å²) in [6.07, 6.45) is 10.1. The summed E-state index contributed by atoms with van der Waals surface area (Å²) in [6.45, 7) is 4.12. The molecule has 1 aliphatic carbocycles. The molecular weight excluding hydrogens is 264 g/mol. The van der Waals surface area contributed by atoms with Crippen molar-refractivity contribution in [1.29, 1.82) is 0 Å². The molecule has 1 atom stereocenters. The molecule has 0 unspecified atom stereocenters. The van der Waals surface area contributed by atoms with Gasteiger partial charge in [0.1, 0.15) is 0 Å². The van der Waals surface area contributed by atoms with E-state index in [0.29, 0.717) is 5.41 Å². The number of carbonyl (C=O) groups is 1. The Morgan fingerprint density at radius 2 is 2.05 bits per heavy atom. The zero-order valence-electron chi connectivity index (χ0n) is 13.8. The van der Waals surface area contributed by atoms with Crippen LogP contribution in [0.2, 0.25) is 0 Å². The Balaban J connectivity index is 1.94. The number of amides is 1. The normalized spacial score (nSPS) is 26.5. The summed E-state index contributed by atoms with van der Waals surface area (Å²) < 4.78 is 5.35. The molecule has 21 heavy (non-hydrogen) atoms. The van der Waals surface area contributed by atoms with Gasteiger partial charge in [-0.05, 0) is 44.1 Å². The molecule has 1 aliphatic heterocycles. The van der Waals surface area contributed by atoms with E-state index < -0.39 is 0 Å². The van der Waals surface area contributed by atoms with Crippen molar-refractivity contribution in [1.82, 2.24) is 10.2 Å². The van der Waals surface area contributed by atoms with Gasteiger partial charge in [0.2, 0.25) is 5.91 Å². The lowest BCUT2D eigenvalue weighted by atomic mass is 9.71. The Morgan fingerprint density at radius 3 is 2.71 bits per heavy atom. The molecule has 4 nitrogen and oxygen atoms in total. The molecule has 0 aromatic rings. The second-order valence-electron chi connectivity index (χ2n) is 6.99. The number of likely N-dealkylation sites (tertiary alicyclic amines) is 1. The van der Waals surface area contributed by atoms with E-state index in [-0.39, 0.29) is 11.8 Å². The first-order valence-corrected chi connectivity index (χ1v) is 8.62. The highest BCUT2D eigenvalue weighted by molar-refractivity contribution is 5.78. The Kier molecular flexibility index (Phi) is 6.49. The van der Waals surface area contributed by atoms with E-state index in [2.05, 4.69) is 10.2 Å². The molecular formula is C17H32N2O2. The Hall–Kier alpha value is -0.610. The molecule has 2 aliphatic rings. The van der Waals surface area contributed by atoms with Crippen molar-refractivity contribution in [3.63, 3.8) is 0 Å². The lowest BCUT2D eigenvalue weighted by Gasteiger charge is -2.43. The molecule has 0 radical (unpaired) electrons. The van der Waals surface area contributed by atoms with Gasteiger partial charge >= 0.3 is 0 Å². The fourth-order valence-electron chi connectivity index (χ4n) is 4.20. The van der Waals surface area contributed by atoms with Crippen molar-refractivity contribution < 1.29 is 9.53 Å². The highest BCUT2D eigenvalue weighted by Gasteiger charge is 2.35. The van der Waals surface area contributed by atoms with E-state index in [1.54, 1.807) is 14.2 Å². The second-order valence-corrected chi connectivity index (χ2v) is 6.99. The Bertz CT molecular complexity index is 327. The topological polar surface area (TPSA) is 41.6 Å². The number of rotatable bonds is 6. The van der Waals surface area contributed by atoms with Gasteiger partial charge in [0, 0.05) is 33.9 Å². The van der Waals surface area contributed by atoms with E-state index in [4.69, 9.17) is 4.74 Å². The third-order valence-corrected chi connectivity index (χ3v) is 5.43. The number of ether oxygens (including phenoxy) is 1. The molecule has 1 saturated heterocycles. The maximum Gasteiger partial charge on any atom is 0.224 e. The van der Waals surface area contributed by atoms with E-state index >= 15 is 0 Å². The van der Waals surface area contributed by atoms with E-state index in [0.717, 1.165) is 39.1 Å². The molecule has 0 aromatic heterocycles. The molecule has 2 fully saturated rings. The smallest absolute Gasteiger partial charge is 0.224 e. The maximum absolute atomic E-state index is 11.9. The summed E-state index contributed by atoms with van der Waals surface area (Å²) in [7, 11) is 3.56. The third-order valence-electron chi connectivity index (χ3n) is 5.43. The van der Waals surface area contributed by atoms with Crippen LogP contribution < -0.4 is 5.32 Å². The minimum atomic E-state index is 0.187. The summed E-state index contributed by atoms with van der Waals surface area (Å²) in [5.74, 6) is 0.404. The van der Waals surface area contributed by atoms with Gasteiger partial charge in [0.25, 0.3) is 0 Å². The van der Waals surface area contributed by atoms with Crippen LogP contribution in [0.5, 0.6) is 0 Å². The second kappa shape index (κ2) is 8.14. The van der Waals surface area contributed by atoms with Gasteiger partial charge in [-0.15, -0.1) is 0 Å². The van der Waals surface area contributed by atoms with Crippen LogP contribution in [0.1, 0.15) is 51.4 Å². The van der Waals surface area contributed by atoms with Crippen molar-refractivity contribution in [3.8, 4) is 0 Å². The van der Waals surface area contributed by atoms with Crippen molar-refractivity contribution in [2.45, 2.75) is 51.4 Å². The van der Waals surface area contributed by atoms with Crippen LogP contribution in [-0.2, 0) is 9.53 Å². The number of nitrogens with one attached hydrogen (secondary N) is 1. The first kappa shape index (κ1) is 16.8. The molecule has 1 saturated carbocycles. The van der Waals surface area contributed by atoms with Crippen LogP contribution in [-0.4, -0.2) is 51.2 Å². The van der Waals surface area contributed by atoms with Crippen molar-refractivity contribution in [3.05, 3.63) is 0 Å². The Morgan fingerprint density at radius 1 is 1.29 bits per heavy atom. The number of hydrogen-bond donors (Lipinski definition) is 1. The molecule has 1 N–H and O–H groups in total. The Labute approximate surface area is 129 Å².